The van der Waals surface area contributed by atoms with E-state index in [-0.39, 0.29) is 30.0 Å². The van der Waals surface area contributed by atoms with E-state index in [1.54, 1.807) is 29.5 Å². The predicted octanol–water partition coefficient (Wildman–Crippen LogP) is 2.41. The van der Waals surface area contributed by atoms with Crippen molar-refractivity contribution in [2.75, 3.05) is 13.7 Å². The summed E-state index contributed by atoms with van der Waals surface area (Å²) in [7, 11) is 1.63. The zero-order chi connectivity index (χ0) is 21.9. The zero-order valence-corrected chi connectivity index (χ0v) is 18.2. The van der Waals surface area contributed by atoms with Gasteiger partial charge < -0.3 is 10.1 Å². The molecule has 0 aliphatic rings. The fourth-order valence-corrected chi connectivity index (χ4v) is 3.34. The Morgan fingerprint density at radius 2 is 2.03 bits per heavy atom. The lowest BCUT2D eigenvalue weighted by molar-refractivity contribution is -0.121. The third kappa shape index (κ3) is 4.69. The molecule has 3 rings (SSSR count). The van der Waals surface area contributed by atoms with Gasteiger partial charge in [-0.1, -0.05) is 12.1 Å². The van der Waals surface area contributed by atoms with Crippen LogP contribution >= 0.6 is 0 Å². The molecule has 3 aromatic rings. The third-order valence-electron chi connectivity index (χ3n) is 4.95. The van der Waals surface area contributed by atoms with Crippen molar-refractivity contribution in [3.8, 4) is 5.75 Å². The molecule has 1 N–H and O–H groups in total. The van der Waals surface area contributed by atoms with Gasteiger partial charge in [0.25, 0.3) is 5.56 Å². The molecule has 30 heavy (non-hydrogen) atoms. The van der Waals surface area contributed by atoms with Gasteiger partial charge in [-0.05, 0) is 51.8 Å². The average Bonchev–Trinajstić information content (AvgIpc) is 3.12. The van der Waals surface area contributed by atoms with Gasteiger partial charge >= 0.3 is 0 Å². The molecule has 8 heteroatoms. The Morgan fingerprint density at radius 1 is 1.27 bits per heavy atom. The van der Waals surface area contributed by atoms with Crippen LogP contribution in [-0.4, -0.2) is 38.9 Å². The zero-order valence-electron chi connectivity index (χ0n) is 18.2. The van der Waals surface area contributed by atoms with Crippen molar-refractivity contribution in [1.82, 2.24) is 24.6 Å². The van der Waals surface area contributed by atoms with Crippen LogP contribution in [0.15, 0.2) is 35.3 Å². The Hall–Kier alpha value is -3.16. The molecule has 0 radical (unpaired) electrons. The van der Waals surface area contributed by atoms with Crippen LogP contribution in [-0.2, 0) is 23.3 Å². The second-order valence-corrected chi connectivity index (χ2v) is 8.28. The van der Waals surface area contributed by atoms with Crippen LogP contribution in [0.2, 0.25) is 0 Å². The SMILES string of the molecule is COc1cccc(CCNC(=O)CCn2c(C)nc3c(cnn3C(C)(C)C)c2=O)c1. The molecular weight excluding hydrogens is 382 g/mol. The molecule has 2 heterocycles. The molecule has 0 unspecified atom stereocenters. The second kappa shape index (κ2) is 8.69. The number of hydrogen-bond acceptors (Lipinski definition) is 5. The van der Waals surface area contributed by atoms with Crippen LogP contribution in [0.25, 0.3) is 11.0 Å². The summed E-state index contributed by atoms with van der Waals surface area (Å²) < 4.78 is 8.51. The van der Waals surface area contributed by atoms with E-state index in [2.05, 4.69) is 15.4 Å². The number of nitrogens with zero attached hydrogens (tertiary/aromatic N) is 4. The highest BCUT2D eigenvalue weighted by Crippen LogP contribution is 2.18. The number of aromatic nitrogens is 4. The summed E-state index contributed by atoms with van der Waals surface area (Å²) in [5.74, 6) is 1.27. The molecule has 1 amide bonds. The second-order valence-electron chi connectivity index (χ2n) is 8.28. The number of hydrogen-bond donors (Lipinski definition) is 1. The van der Waals surface area contributed by atoms with Gasteiger partial charge in [-0.15, -0.1) is 0 Å². The van der Waals surface area contributed by atoms with Crippen molar-refractivity contribution < 1.29 is 9.53 Å². The fourth-order valence-electron chi connectivity index (χ4n) is 3.34. The maximum Gasteiger partial charge on any atom is 0.264 e. The lowest BCUT2D eigenvalue weighted by Gasteiger charge is -2.20. The number of carbonyl (C=O) groups is 1. The van der Waals surface area contributed by atoms with Gasteiger partial charge in [0, 0.05) is 19.5 Å². The summed E-state index contributed by atoms with van der Waals surface area (Å²) in [6.07, 6.45) is 2.47. The minimum absolute atomic E-state index is 0.102. The Kier molecular flexibility index (Phi) is 6.24. The summed E-state index contributed by atoms with van der Waals surface area (Å²) in [6, 6.07) is 7.76. The summed E-state index contributed by atoms with van der Waals surface area (Å²) in [5, 5.41) is 7.71. The summed E-state index contributed by atoms with van der Waals surface area (Å²) in [5.41, 5.74) is 1.22. The molecule has 160 valence electrons. The number of aryl methyl sites for hydroxylation is 1. The molecule has 0 bridgehead atoms. The highest BCUT2D eigenvalue weighted by Gasteiger charge is 2.21. The molecule has 0 saturated carbocycles. The molecule has 8 nitrogen and oxygen atoms in total. The molecule has 1 aromatic carbocycles. The maximum atomic E-state index is 12.9. The lowest BCUT2D eigenvalue weighted by atomic mass is 10.1. The third-order valence-corrected chi connectivity index (χ3v) is 4.95. The number of rotatable bonds is 7. The molecular formula is C22H29N5O3. The van der Waals surface area contributed by atoms with E-state index in [4.69, 9.17) is 4.74 Å². The lowest BCUT2D eigenvalue weighted by Crippen LogP contribution is -2.30. The number of ether oxygens (including phenoxy) is 1. The molecule has 0 aliphatic heterocycles. The van der Waals surface area contributed by atoms with Crippen molar-refractivity contribution in [2.24, 2.45) is 0 Å². The fraction of sp³-hybridized carbons (Fsp3) is 0.455. The van der Waals surface area contributed by atoms with Crippen molar-refractivity contribution in [3.63, 3.8) is 0 Å². The van der Waals surface area contributed by atoms with Gasteiger partial charge in [0.2, 0.25) is 5.91 Å². The minimum Gasteiger partial charge on any atom is -0.497 e. The molecule has 0 fully saturated rings. The summed E-state index contributed by atoms with van der Waals surface area (Å²) in [4.78, 5) is 29.7. The van der Waals surface area contributed by atoms with Gasteiger partial charge in [0.15, 0.2) is 5.65 Å². The summed E-state index contributed by atoms with van der Waals surface area (Å²) >= 11 is 0. The van der Waals surface area contributed by atoms with E-state index in [1.807, 2.05) is 45.0 Å². The number of benzene rings is 1. The van der Waals surface area contributed by atoms with E-state index in [9.17, 15) is 9.59 Å². The molecule has 0 aliphatic carbocycles. The number of methoxy groups -OCH3 is 1. The van der Waals surface area contributed by atoms with Crippen LogP contribution in [0, 0.1) is 6.92 Å². The van der Waals surface area contributed by atoms with Gasteiger partial charge in [-0.3, -0.25) is 14.2 Å². The Morgan fingerprint density at radius 3 is 2.73 bits per heavy atom. The molecule has 0 spiro atoms. The first kappa shape index (κ1) is 21.5. The maximum absolute atomic E-state index is 12.9. The van der Waals surface area contributed by atoms with Crippen LogP contribution < -0.4 is 15.6 Å². The number of amides is 1. The quantitative estimate of drug-likeness (QED) is 0.645. The van der Waals surface area contributed by atoms with Gasteiger partial charge in [-0.2, -0.15) is 5.10 Å². The highest BCUT2D eigenvalue weighted by molar-refractivity contribution is 5.76. The first-order chi connectivity index (χ1) is 14.2. The number of carbonyl (C=O) groups excluding carboxylic acids is 1. The first-order valence-electron chi connectivity index (χ1n) is 10.1. The summed E-state index contributed by atoms with van der Waals surface area (Å²) in [6.45, 7) is 8.61. The minimum atomic E-state index is -0.275. The van der Waals surface area contributed by atoms with E-state index >= 15 is 0 Å². The number of fused-ring (bicyclic) bond motifs is 1. The monoisotopic (exact) mass is 411 g/mol. The van der Waals surface area contributed by atoms with Gasteiger partial charge in [0.05, 0.1) is 18.8 Å². The van der Waals surface area contributed by atoms with Crippen molar-refractivity contribution in [2.45, 2.75) is 52.6 Å². The molecule has 0 saturated heterocycles. The smallest absolute Gasteiger partial charge is 0.264 e. The van der Waals surface area contributed by atoms with Crippen molar-refractivity contribution in [3.05, 3.63) is 52.2 Å². The Labute approximate surface area is 175 Å². The van der Waals surface area contributed by atoms with Gasteiger partial charge in [0.1, 0.15) is 17.0 Å². The topological polar surface area (TPSA) is 91.0 Å². The average molecular weight is 412 g/mol. The van der Waals surface area contributed by atoms with Crippen LogP contribution in [0.1, 0.15) is 38.6 Å². The van der Waals surface area contributed by atoms with Gasteiger partial charge in [-0.25, -0.2) is 9.67 Å². The predicted molar refractivity (Wildman–Crippen MR) is 116 cm³/mol. The van der Waals surface area contributed by atoms with Crippen LogP contribution in [0.5, 0.6) is 5.75 Å². The van der Waals surface area contributed by atoms with E-state index in [0.717, 1.165) is 11.3 Å². The van der Waals surface area contributed by atoms with Crippen molar-refractivity contribution in [1.29, 1.82) is 0 Å². The largest absolute Gasteiger partial charge is 0.497 e. The van der Waals surface area contributed by atoms with E-state index < -0.39 is 0 Å². The van der Waals surface area contributed by atoms with Crippen LogP contribution in [0.4, 0.5) is 0 Å². The van der Waals surface area contributed by atoms with Crippen molar-refractivity contribution >= 4 is 16.9 Å². The Balaban J connectivity index is 1.62. The number of nitrogens with one attached hydrogen (secondary N) is 1. The normalized spacial score (nSPS) is 11.6. The van der Waals surface area contributed by atoms with Crippen LogP contribution in [0.3, 0.4) is 0 Å². The highest BCUT2D eigenvalue weighted by atomic mass is 16.5. The van der Waals surface area contributed by atoms with E-state index in [1.165, 1.54) is 0 Å². The Bertz CT molecular complexity index is 1110. The molecule has 0 atom stereocenters. The standard InChI is InChI=1S/C22H29N5O3/c1-15-25-20-18(14-24-27(20)22(2,3)4)21(29)26(15)12-10-19(28)23-11-9-16-7-6-8-17(13-16)30-5/h6-8,13-14H,9-12H2,1-5H3,(H,23,28). The first-order valence-corrected chi connectivity index (χ1v) is 10.1. The molecule has 2 aromatic heterocycles. The van der Waals surface area contributed by atoms with E-state index in [0.29, 0.717) is 29.8 Å².